The zero-order valence-corrected chi connectivity index (χ0v) is 11.4. The number of hydrogen-bond donors (Lipinski definition) is 2. The smallest absolute Gasteiger partial charge is 0.222 e. The number of nitrogens with zero attached hydrogens (tertiary/aromatic N) is 2. The van der Waals surface area contributed by atoms with Crippen molar-refractivity contribution < 1.29 is 9.90 Å². The highest BCUT2D eigenvalue weighted by Gasteiger charge is 2.25. The molecule has 1 rings (SSSR count). The largest absolute Gasteiger partial charge is 0.396 e. The molecule has 0 saturated carbocycles. The van der Waals surface area contributed by atoms with Crippen LogP contribution in [0.5, 0.6) is 0 Å². The number of carbonyl (C=O) groups is 1. The normalized spacial score (nSPS) is 13.3. The van der Waals surface area contributed by atoms with Crippen molar-refractivity contribution in [3.05, 3.63) is 18.7 Å². The summed E-state index contributed by atoms with van der Waals surface area (Å²) < 4.78 is 1.87. The number of hydrogen-bond acceptors (Lipinski definition) is 3. The van der Waals surface area contributed by atoms with Gasteiger partial charge in [-0.1, -0.05) is 20.8 Å². The van der Waals surface area contributed by atoms with Crippen LogP contribution in [-0.4, -0.2) is 33.2 Å². The highest BCUT2D eigenvalue weighted by molar-refractivity contribution is 5.76. The molecule has 0 fully saturated rings. The third kappa shape index (κ3) is 4.87. The second kappa shape index (κ2) is 6.54. The van der Waals surface area contributed by atoms with E-state index in [1.807, 2.05) is 10.8 Å². The zero-order chi connectivity index (χ0) is 13.6. The summed E-state index contributed by atoms with van der Waals surface area (Å²) >= 11 is 0. The van der Waals surface area contributed by atoms with Crippen LogP contribution in [-0.2, 0) is 11.3 Å². The predicted molar refractivity (Wildman–Crippen MR) is 69.9 cm³/mol. The van der Waals surface area contributed by atoms with Crippen LogP contribution in [0.1, 0.15) is 33.6 Å². The summed E-state index contributed by atoms with van der Waals surface area (Å²) in [5.41, 5.74) is -0.0482. The fourth-order valence-corrected chi connectivity index (χ4v) is 1.77. The summed E-state index contributed by atoms with van der Waals surface area (Å²) in [5.74, 6) is 0.0112. The third-order valence-electron chi connectivity index (χ3n) is 2.95. The van der Waals surface area contributed by atoms with Crippen molar-refractivity contribution in [2.45, 2.75) is 46.2 Å². The number of nitrogens with one attached hydrogen (secondary N) is 1. The van der Waals surface area contributed by atoms with E-state index in [0.29, 0.717) is 19.4 Å². The van der Waals surface area contributed by atoms with Crippen molar-refractivity contribution >= 4 is 5.91 Å². The standard InChI is InChI=1S/C13H23N3O2/c1-13(2,3)11(5-9-17)15-12(18)4-7-16-8-6-14-10-16/h6,8,10-11,17H,4-5,7,9H2,1-3H3,(H,15,18). The Labute approximate surface area is 108 Å². The van der Waals surface area contributed by atoms with Gasteiger partial charge < -0.3 is 15.0 Å². The minimum absolute atomic E-state index is 0.00205. The van der Waals surface area contributed by atoms with Gasteiger partial charge in [-0.15, -0.1) is 0 Å². The number of aryl methyl sites for hydroxylation is 1. The summed E-state index contributed by atoms with van der Waals surface area (Å²) in [6, 6.07) is -0.00205. The Morgan fingerprint density at radius 2 is 2.22 bits per heavy atom. The molecule has 0 saturated heterocycles. The van der Waals surface area contributed by atoms with Crippen molar-refractivity contribution in [2.75, 3.05) is 6.61 Å². The molecule has 1 unspecified atom stereocenters. The van der Waals surface area contributed by atoms with Crippen LogP contribution in [0.2, 0.25) is 0 Å². The predicted octanol–water partition coefficient (Wildman–Crippen LogP) is 1.19. The number of aromatic nitrogens is 2. The first-order chi connectivity index (χ1) is 8.43. The number of aliphatic hydroxyl groups is 1. The Balaban J connectivity index is 2.41. The molecule has 0 bridgehead atoms. The van der Waals surface area contributed by atoms with E-state index in [1.165, 1.54) is 0 Å². The lowest BCUT2D eigenvalue weighted by Crippen LogP contribution is -2.44. The first-order valence-corrected chi connectivity index (χ1v) is 6.29. The van der Waals surface area contributed by atoms with Gasteiger partial charge in [-0.3, -0.25) is 4.79 Å². The molecule has 18 heavy (non-hydrogen) atoms. The summed E-state index contributed by atoms with van der Waals surface area (Å²) in [4.78, 5) is 15.8. The summed E-state index contributed by atoms with van der Waals surface area (Å²) in [7, 11) is 0. The maximum Gasteiger partial charge on any atom is 0.222 e. The number of rotatable bonds is 6. The van der Waals surface area contributed by atoms with Gasteiger partial charge in [0.15, 0.2) is 0 Å². The van der Waals surface area contributed by atoms with Gasteiger partial charge in [-0.05, 0) is 11.8 Å². The maximum absolute atomic E-state index is 11.8. The first-order valence-electron chi connectivity index (χ1n) is 6.29. The van der Waals surface area contributed by atoms with Crippen molar-refractivity contribution in [2.24, 2.45) is 5.41 Å². The molecular weight excluding hydrogens is 230 g/mol. The molecule has 0 aliphatic heterocycles. The summed E-state index contributed by atoms with van der Waals surface area (Å²) in [6.07, 6.45) is 6.24. The van der Waals surface area contributed by atoms with Crippen LogP contribution in [0.3, 0.4) is 0 Å². The number of amides is 1. The lowest BCUT2D eigenvalue weighted by Gasteiger charge is -2.31. The van der Waals surface area contributed by atoms with Gasteiger partial charge in [-0.25, -0.2) is 4.98 Å². The lowest BCUT2D eigenvalue weighted by atomic mass is 9.85. The molecule has 1 atom stereocenters. The molecule has 2 N–H and O–H groups in total. The lowest BCUT2D eigenvalue weighted by molar-refractivity contribution is -0.122. The number of carbonyl (C=O) groups excluding carboxylic acids is 1. The van der Waals surface area contributed by atoms with E-state index in [1.54, 1.807) is 12.5 Å². The van der Waals surface area contributed by atoms with Gasteiger partial charge in [0.25, 0.3) is 0 Å². The van der Waals surface area contributed by atoms with Crippen molar-refractivity contribution in [1.82, 2.24) is 14.9 Å². The van der Waals surface area contributed by atoms with Crippen LogP contribution in [0, 0.1) is 5.41 Å². The Morgan fingerprint density at radius 1 is 1.50 bits per heavy atom. The van der Waals surface area contributed by atoms with Gasteiger partial charge in [0.2, 0.25) is 5.91 Å². The number of aliphatic hydroxyl groups excluding tert-OH is 1. The van der Waals surface area contributed by atoms with E-state index in [-0.39, 0.29) is 24.0 Å². The minimum Gasteiger partial charge on any atom is -0.396 e. The van der Waals surface area contributed by atoms with Gasteiger partial charge in [0, 0.05) is 38.0 Å². The molecule has 0 aromatic carbocycles. The molecular formula is C13H23N3O2. The fourth-order valence-electron chi connectivity index (χ4n) is 1.77. The zero-order valence-electron chi connectivity index (χ0n) is 11.4. The molecule has 102 valence electrons. The van der Waals surface area contributed by atoms with E-state index >= 15 is 0 Å². The Hall–Kier alpha value is -1.36. The van der Waals surface area contributed by atoms with Crippen molar-refractivity contribution in [3.63, 3.8) is 0 Å². The van der Waals surface area contributed by atoms with Crippen LogP contribution in [0.25, 0.3) is 0 Å². The van der Waals surface area contributed by atoms with Gasteiger partial charge in [-0.2, -0.15) is 0 Å². The van der Waals surface area contributed by atoms with E-state index in [4.69, 9.17) is 5.11 Å². The minimum atomic E-state index is -0.0482. The molecule has 0 radical (unpaired) electrons. The highest BCUT2D eigenvalue weighted by Crippen LogP contribution is 2.21. The molecule has 5 heteroatoms. The monoisotopic (exact) mass is 253 g/mol. The molecule has 1 aromatic rings. The molecule has 1 amide bonds. The van der Waals surface area contributed by atoms with Crippen LogP contribution >= 0.6 is 0 Å². The molecule has 1 aromatic heterocycles. The maximum atomic E-state index is 11.8. The van der Waals surface area contributed by atoms with Crippen molar-refractivity contribution in [3.8, 4) is 0 Å². The SMILES string of the molecule is CC(C)(C)C(CCO)NC(=O)CCn1ccnc1. The Bertz CT molecular complexity index is 355. The van der Waals surface area contributed by atoms with Crippen LogP contribution in [0.4, 0.5) is 0 Å². The van der Waals surface area contributed by atoms with Gasteiger partial charge in [0.1, 0.15) is 0 Å². The average Bonchev–Trinajstić information content (AvgIpc) is 2.77. The fraction of sp³-hybridized carbons (Fsp3) is 0.692. The van der Waals surface area contributed by atoms with Crippen molar-refractivity contribution in [1.29, 1.82) is 0 Å². The topological polar surface area (TPSA) is 67.2 Å². The van der Waals surface area contributed by atoms with E-state index in [0.717, 1.165) is 0 Å². The third-order valence-corrected chi connectivity index (χ3v) is 2.95. The van der Waals surface area contributed by atoms with Gasteiger partial charge in [0.05, 0.1) is 6.33 Å². The molecule has 0 aliphatic rings. The van der Waals surface area contributed by atoms with E-state index < -0.39 is 0 Å². The van der Waals surface area contributed by atoms with E-state index in [2.05, 4.69) is 31.1 Å². The molecule has 1 heterocycles. The highest BCUT2D eigenvalue weighted by atomic mass is 16.3. The molecule has 0 spiro atoms. The Morgan fingerprint density at radius 3 is 2.72 bits per heavy atom. The second-order valence-corrected chi connectivity index (χ2v) is 5.55. The molecule has 5 nitrogen and oxygen atoms in total. The summed E-state index contributed by atoms with van der Waals surface area (Å²) in [5, 5.41) is 12.0. The van der Waals surface area contributed by atoms with Gasteiger partial charge >= 0.3 is 0 Å². The second-order valence-electron chi connectivity index (χ2n) is 5.55. The quantitative estimate of drug-likeness (QED) is 0.800. The first kappa shape index (κ1) is 14.7. The van der Waals surface area contributed by atoms with Crippen LogP contribution in [0.15, 0.2) is 18.7 Å². The number of imidazole rings is 1. The average molecular weight is 253 g/mol. The summed E-state index contributed by atoms with van der Waals surface area (Å²) in [6.45, 7) is 6.89. The van der Waals surface area contributed by atoms with Crippen LogP contribution < -0.4 is 5.32 Å². The van der Waals surface area contributed by atoms with E-state index in [9.17, 15) is 4.79 Å². The molecule has 0 aliphatic carbocycles. The Kier molecular flexibility index (Phi) is 5.34.